The fourth-order valence-electron chi connectivity index (χ4n) is 3.40. The Kier molecular flexibility index (Phi) is 6.12. The van der Waals surface area contributed by atoms with Crippen molar-refractivity contribution in [1.82, 2.24) is 14.9 Å². The number of hydrogen-bond donors (Lipinski definition) is 0. The Hall–Kier alpha value is -1.19. The lowest BCUT2D eigenvalue weighted by atomic mass is 10.2. The third-order valence-electron chi connectivity index (χ3n) is 4.87. The molecule has 2 aromatic heterocycles. The summed E-state index contributed by atoms with van der Waals surface area (Å²) in [6, 6.07) is -0.194. The molecule has 1 aliphatic rings. The Morgan fingerprint density at radius 1 is 1.30 bits per heavy atom. The molecule has 0 aliphatic carbocycles. The van der Waals surface area contributed by atoms with E-state index in [-0.39, 0.29) is 29.2 Å². The predicted molar refractivity (Wildman–Crippen MR) is 111 cm³/mol. The highest BCUT2D eigenvalue weighted by atomic mass is 32.2. The Morgan fingerprint density at radius 2 is 2.04 bits per heavy atom. The van der Waals surface area contributed by atoms with Crippen LogP contribution in [0.4, 0.5) is 0 Å². The number of aryl methyl sites for hydroxylation is 3. The van der Waals surface area contributed by atoms with Gasteiger partial charge in [-0.1, -0.05) is 18.7 Å². The SMILES string of the molecule is CCCN(C(=O)CSc1nc(C)nc2sc(C)c(C)c12)[C@@H]1CCS(=O)(=O)C1. The number of thioether (sulfide) groups is 1. The van der Waals surface area contributed by atoms with E-state index >= 15 is 0 Å². The van der Waals surface area contributed by atoms with Gasteiger partial charge in [0.15, 0.2) is 9.84 Å². The molecule has 2 aromatic rings. The standard InChI is InChI=1S/C18H25N3O3S3/c1-5-7-21(14-6-8-27(23,24)10-14)15(22)9-25-17-16-11(2)12(3)26-18(16)20-13(4)19-17/h14H,5-10H2,1-4H3/t14-/m1/s1. The van der Waals surface area contributed by atoms with Crippen molar-refractivity contribution in [3.05, 3.63) is 16.3 Å². The monoisotopic (exact) mass is 427 g/mol. The van der Waals surface area contributed by atoms with Gasteiger partial charge in [-0.3, -0.25) is 4.79 Å². The van der Waals surface area contributed by atoms with Crippen molar-refractivity contribution in [3.63, 3.8) is 0 Å². The first kappa shape index (κ1) is 20.5. The van der Waals surface area contributed by atoms with Crippen molar-refractivity contribution in [3.8, 4) is 0 Å². The van der Waals surface area contributed by atoms with E-state index in [2.05, 4.69) is 23.8 Å². The van der Waals surface area contributed by atoms with E-state index in [4.69, 9.17) is 0 Å². The summed E-state index contributed by atoms with van der Waals surface area (Å²) in [5.74, 6) is 1.21. The molecule has 3 heterocycles. The number of amides is 1. The molecule has 0 spiro atoms. The first-order chi connectivity index (χ1) is 12.7. The van der Waals surface area contributed by atoms with Crippen LogP contribution in [0.5, 0.6) is 0 Å². The van der Waals surface area contributed by atoms with Crippen LogP contribution in [-0.2, 0) is 14.6 Å². The van der Waals surface area contributed by atoms with Crippen LogP contribution in [0.15, 0.2) is 5.03 Å². The molecule has 0 radical (unpaired) electrons. The van der Waals surface area contributed by atoms with E-state index in [9.17, 15) is 13.2 Å². The lowest BCUT2D eigenvalue weighted by molar-refractivity contribution is -0.130. The van der Waals surface area contributed by atoms with Gasteiger partial charge in [-0.15, -0.1) is 11.3 Å². The normalized spacial score (nSPS) is 18.9. The molecule has 3 rings (SSSR count). The number of carbonyl (C=O) groups excluding carboxylic acids is 1. The van der Waals surface area contributed by atoms with Gasteiger partial charge in [0, 0.05) is 22.8 Å². The van der Waals surface area contributed by atoms with Crippen molar-refractivity contribution in [2.24, 2.45) is 0 Å². The van der Waals surface area contributed by atoms with Gasteiger partial charge in [-0.25, -0.2) is 18.4 Å². The fourth-order valence-corrected chi connectivity index (χ4v) is 7.29. The Bertz CT molecular complexity index is 969. The number of fused-ring (bicyclic) bond motifs is 1. The van der Waals surface area contributed by atoms with Gasteiger partial charge in [0.05, 0.1) is 17.3 Å². The van der Waals surface area contributed by atoms with E-state index < -0.39 is 9.84 Å². The number of rotatable bonds is 6. The van der Waals surface area contributed by atoms with Gasteiger partial charge in [0.2, 0.25) is 5.91 Å². The highest BCUT2D eigenvalue weighted by molar-refractivity contribution is 8.00. The molecule has 1 amide bonds. The van der Waals surface area contributed by atoms with Crippen molar-refractivity contribution < 1.29 is 13.2 Å². The number of sulfone groups is 1. The van der Waals surface area contributed by atoms with E-state index in [1.165, 1.54) is 16.6 Å². The molecule has 1 fully saturated rings. The molecular formula is C18H25N3O3S3. The highest BCUT2D eigenvalue weighted by Crippen LogP contribution is 2.35. The quantitative estimate of drug-likeness (QED) is 0.520. The van der Waals surface area contributed by atoms with Gasteiger partial charge in [-0.05, 0) is 39.2 Å². The average Bonchev–Trinajstić information content (AvgIpc) is 3.09. The van der Waals surface area contributed by atoms with E-state index in [1.54, 1.807) is 16.2 Å². The summed E-state index contributed by atoms with van der Waals surface area (Å²) in [5.41, 5.74) is 1.16. The lowest BCUT2D eigenvalue weighted by Crippen LogP contribution is -2.42. The summed E-state index contributed by atoms with van der Waals surface area (Å²) in [4.78, 5) is 25.9. The molecule has 0 unspecified atom stereocenters. The molecule has 9 heteroatoms. The smallest absolute Gasteiger partial charge is 0.233 e. The molecule has 1 atom stereocenters. The maximum Gasteiger partial charge on any atom is 0.233 e. The zero-order chi connectivity index (χ0) is 19.8. The Labute approximate surface area is 168 Å². The van der Waals surface area contributed by atoms with Crippen LogP contribution in [0, 0.1) is 20.8 Å². The van der Waals surface area contributed by atoms with Crippen LogP contribution in [0.25, 0.3) is 10.2 Å². The zero-order valence-electron chi connectivity index (χ0n) is 16.1. The molecule has 0 saturated carbocycles. The molecule has 148 valence electrons. The third kappa shape index (κ3) is 4.46. The molecule has 0 aromatic carbocycles. The van der Waals surface area contributed by atoms with Crippen LogP contribution in [0.3, 0.4) is 0 Å². The number of carbonyl (C=O) groups is 1. The van der Waals surface area contributed by atoms with Gasteiger partial charge in [0.1, 0.15) is 15.7 Å². The van der Waals surface area contributed by atoms with Gasteiger partial charge in [-0.2, -0.15) is 0 Å². The van der Waals surface area contributed by atoms with Crippen molar-refractivity contribution >= 4 is 49.1 Å². The highest BCUT2D eigenvalue weighted by Gasteiger charge is 2.34. The topological polar surface area (TPSA) is 80.2 Å². The van der Waals surface area contributed by atoms with Gasteiger partial charge < -0.3 is 4.90 Å². The molecule has 0 bridgehead atoms. The van der Waals surface area contributed by atoms with E-state index in [0.717, 1.165) is 27.2 Å². The predicted octanol–water partition coefficient (Wildman–Crippen LogP) is 3.13. The van der Waals surface area contributed by atoms with Crippen LogP contribution in [0.1, 0.15) is 36.0 Å². The molecule has 27 heavy (non-hydrogen) atoms. The second kappa shape index (κ2) is 8.05. The Balaban J connectivity index is 1.79. The van der Waals surface area contributed by atoms with E-state index in [0.29, 0.717) is 18.8 Å². The summed E-state index contributed by atoms with van der Waals surface area (Å²) < 4.78 is 23.6. The second-order valence-electron chi connectivity index (χ2n) is 6.97. The second-order valence-corrected chi connectivity index (χ2v) is 11.4. The van der Waals surface area contributed by atoms with Crippen LogP contribution >= 0.6 is 23.1 Å². The van der Waals surface area contributed by atoms with Crippen LogP contribution in [-0.4, -0.2) is 59.0 Å². The summed E-state index contributed by atoms with van der Waals surface area (Å²) in [6.45, 7) is 8.59. The Morgan fingerprint density at radius 3 is 2.67 bits per heavy atom. The molecule has 0 N–H and O–H groups in total. The van der Waals surface area contributed by atoms with Gasteiger partial charge in [0.25, 0.3) is 0 Å². The lowest BCUT2D eigenvalue weighted by Gasteiger charge is -2.27. The number of thiophene rings is 1. The number of nitrogens with zero attached hydrogens (tertiary/aromatic N) is 3. The summed E-state index contributed by atoms with van der Waals surface area (Å²) >= 11 is 3.08. The number of hydrogen-bond acceptors (Lipinski definition) is 7. The molecule has 1 saturated heterocycles. The van der Waals surface area contributed by atoms with Crippen molar-refractivity contribution in [2.45, 2.75) is 51.6 Å². The molecule has 6 nitrogen and oxygen atoms in total. The maximum atomic E-state index is 12.9. The van der Waals surface area contributed by atoms with E-state index in [1.807, 2.05) is 13.8 Å². The van der Waals surface area contributed by atoms with Gasteiger partial charge >= 0.3 is 0 Å². The number of aromatic nitrogens is 2. The fraction of sp³-hybridized carbons (Fsp3) is 0.611. The average molecular weight is 428 g/mol. The van der Waals surface area contributed by atoms with Crippen LogP contribution < -0.4 is 0 Å². The molecule has 1 aliphatic heterocycles. The summed E-state index contributed by atoms with van der Waals surface area (Å²) in [6.07, 6.45) is 1.35. The van der Waals surface area contributed by atoms with Crippen molar-refractivity contribution in [2.75, 3.05) is 23.8 Å². The zero-order valence-corrected chi connectivity index (χ0v) is 18.6. The summed E-state index contributed by atoms with van der Waals surface area (Å²) in [5, 5.41) is 1.87. The van der Waals surface area contributed by atoms with Crippen LogP contribution in [0.2, 0.25) is 0 Å². The summed E-state index contributed by atoms with van der Waals surface area (Å²) in [7, 11) is -3.02. The minimum Gasteiger partial charge on any atom is -0.338 e. The minimum atomic E-state index is -3.02. The first-order valence-electron chi connectivity index (χ1n) is 9.09. The van der Waals surface area contributed by atoms with Crippen molar-refractivity contribution in [1.29, 1.82) is 0 Å². The molecular weight excluding hydrogens is 402 g/mol. The minimum absolute atomic E-state index is 0.0158. The third-order valence-corrected chi connectivity index (χ3v) is 8.69. The maximum absolute atomic E-state index is 12.9. The first-order valence-corrected chi connectivity index (χ1v) is 12.7. The largest absolute Gasteiger partial charge is 0.338 e.